The number of benzene rings is 2. The molecule has 0 unspecified atom stereocenters. The number of hydrogen-bond acceptors (Lipinski definition) is 4. The monoisotopic (exact) mass is 353 g/mol. The van der Waals surface area contributed by atoms with Crippen molar-refractivity contribution in [3.63, 3.8) is 0 Å². The number of nitrogens with one attached hydrogen (secondary N) is 2. The number of hydrogen-bond donors (Lipinski definition) is 2. The van der Waals surface area contributed by atoms with E-state index in [1.54, 1.807) is 19.2 Å². The SMILES string of the molecule is COc1cccc(NC(=NC[C@@H]2CCCO2)NC(=O)c2ccccc2)c1. The van der Waals surface area contributed by atoms with Gasteiger partial charge >= 0.3 is 0 Å². The van der Waals surface area contributed by atoms with E-state index in [1.165, 1.54) is 0 Å². The summed E-state index contributed by atoms with van der Waals surface area (Å²) in [5.74, 6) is 0.901. The predicted molar refractivity (Wildman–Crippen MR) is 102 cm³/mol. The highest BCUT2D eigenvalue weighted by Crippen LogP contribution is 2.17. The van der Waals surface area contributed by atoms with Crippen LogP contribution in [0.2, 0.25) is 0 Å². The fraction of sp³-hybridized carbons (Fsp3) is 0.300. The van der Waals surface area contributed by atoms with Crippen molar-refractivity contribution in [2.45, 2.75) is 18.9 Å². The second-order valence-electron chi connectivity index (χ2n) is 6.00. The van der Waals surface area contributed by atoms with E-state index < -0.39 is 0 Å². The molecular weight excluding hydrogens is 330 g/mol. The quantitative estimate of drug-likeness (QED) is 0.640. The summed E-state index contributed by atoms with van der Waals surface area (Å²) in [6.07, 6.45) is 2.14. The van der Waals surface area contributed by atoms with Crippen molar-refractivity contribution in [1.82, 2.24) is 5.32 Å². The zero-order valence-electron chi connectivity index (χ0n) is 14.8. The lowest BCUT2D eigenvalue weighted by atomic mass is 10.2. The molecule has 2 N–H and O–H groups in total. The molecule has 0 saturated carbocycles. The van der Waals surface area contributed by atoms with Crippen LogP contribution in [0.5, 0.6) is 5.75 Å². The van der Waals surface area contributed by atoms with Crippen LogP contribution in [0.25, 0.3) is 0 Å². The van der Waals surface area contributed by atoms with Crippen LogP contribution in [-0.4, -0.2) is 38.2 Å². The number of methoxy groups -OCH3 is 1. The Morgan fingerprint density at radius 2 is 2.08 bits per heavy atom. The van der Waals surface area contributed by atoms with Crippen LogP contribution in [0.4, 0.5) is 5.69 Å². The summed E-state index contributed by atoms with van der Waals surface area (Å²) in [7, 11) is 1.61. The van der Waals surface area contributed by atoms with Gasteiger partial charge in [-0.15, -0.1) is 0 Å². The molecule has 2 aromatic rings. The Hall–Kier alpha value is -2.86. The van der Waals surface area contributed by atoms with Gasteiger partial charge in [0.25, 0.3) is 5.91 Å². The maximum absolute atomic E-state index is 12.5. The van der Waals surface area contributed by atoms with Gasteiger partial charge in [-0.05, 0) is 37.1 Å². The van der Waals surface area contributed by atoms with E-state index in [1.807, 2.05) is 42.5 Å². The van der Waals surface area contributed by atoms with E-state index in [0.717, 1.165) is 30.9 Å². The van der Waals surface area contributed by atoms with E-state index >= 15 is 0 Å². The van der Waals surface area contributed by atoms with Crippen molar-refractivity contribution in [3.8, 4) is 5.75 Å². The normalized spacial score (nSPS) is 17.0. The third-order valence-electron chi connectivity index (χ3n) is 4.08. The topological polar surface area (TPSA) is 71.9 Å². The zero-order valence-corrected chi connectivity index (χ0v) is 14.8. The van der Waals surface area contributed by atoms with Crippen LogP contribution in [0, 0.1) is 0 Å². The second-order valence-corrected chi connectivity index (χ2v) is 6.00. The predicted octanol–water partition coefficient (Wildman–Crippen LogP) is 3.07. The average Bonchev–Trinajstić information content (AvgIpc) is 3.20. The van der Waals surface area contributed by atoms with Crippen molar-refractivity contribution < 1.29 is 14.3 Å². The number of rotatable bonds is 5. The molecule has 1 aliphatic rings. The molecule has 1 atom stereocenters. The third-order valence-corrected chi connectivity index (χ3v) is 4.08. The Kier molecular flexibility index (Phi) is 6.22. The highest BCUT2D eigenvalue weighted by Gasteiger charge is 2.16. The Morgan fingerprint density at radius 3 is 2.81 bits per heavy atom. The number of anilines is 1. The minimum atomic E-state index is -0.216. The van der Waals surface area contributed by atoms with Gasteiger partial charge in [0.15, 0.2) is 0 Å². The lowest BCUT2D eigenvalue weighted by molar-refractivity contribution is 0.0975. The molecule has 6 heteroatoms. The Labute approximate surface area is 153 Å². The van der Waals surface area contributed by atoms with Crippen LogP contribution in [0.3, 0.4) is 0 Å². The molecule has 0 radical (unpaired) electrons. The molecule has 1 fully saturated rings. The molecule has 1 saturated heterocycles. The van der Waals surface area contributed by atoms with Crippen LogP contribution in [-0.2, 0) is 4.74 Å². The minimum Gasteiger partial charge on any atom is -0.497 e. The number of carbonyl (C=O) groups excluding carboxylic acids is 1. The highest BCUT2D eigenvalue weighted by atomic mass is 16.5. The molecule has 136 valence electrons. The third kappa shape index (κ3) is 5.07. The maximum Gasteiger partial charge on any atom is 0.257 e. The van der Waals surface area contributed by atoms with Crippen molar-refractivity contribution >= 4 is 17.6 Å². The second kappa shape index (κ2) is 9.01. The molecule has 0 aromatic heterocycles. The average molecular weight is 353 g/mol. The molecule has 0 bridgehead atoms. The lowest BCUT2D eigenvalue weighted by Gasteiger charge is -2.14. The van der Waals surface area contributed by atoms with E-state index in [9.17, 15) is 4.79 Å². The molecule has 1 heterocycles. The first-order chi connectivity index (χ1) is 12.7. The van der Waals surface area contributed by atoms with Crippen molar-refractivity contribution in [2.24, 2.45) is 4.99 Å². The van der Waals surface area contributed by atoms with Crippen molar-refractivity contribution in [1.29, 1.82) is 0 Å². The molecule has 3 rings (SSSR count). The number of nitrogens with zero attached hydrogens (tertiary/aromatic N) is 1. The van der Waals surface area contributed by atoms with Crippen molar-refractivity contribution in [2.75, 3.05) is 25.6 Å². The molecule has 1 amide bonds. The summed E-state index contributed by atoms with van der Waals surface area (Å²) in [6, 6.07) is 16.5. The zero-order chi connectivity index (χ0) is 18.2. The molecule has 26 heavy (non-hydrogen) atoms. The summed E-state index contributed by atoms with van der Waals surface area (Å²) >= 11 is 0. The van der Waals surface area contributed by atoms with Gasteiger partial charge in [-0.25, -0.2) is 4.99 Å². The van der Waals surface area contributed by atoms with E-state index in [-0.39, 0.29) is 12.0 Å². The van der Waals surface area contributed by atoms with Gasteiger partial charge in [-0.1, -0.05) is 24.3 Å². The Morgan fingerprint density at radius 1 is 1.23 bits per heavy atom. The summed E-state index contributed by atoms with van der Waals surface area (Å²) in [6.45, 7) is 1.27. The van der Waals surface area contributed by atoms with Crippen LogP contribution < -0.4 is 15.4 Å². The number of amides is 1. The smallest absolute Gasteiger partial charge is 0.257 e. The largest absolute Gasteiger partial charge is 0.497 e. The first-order valence-corrected chi connectivity index (χ1v) is 8.68. The minimum absolute atomic E-state index is 0.103. The fourth-order valence-electron chi connectivity index (χ4n) is 2.70. The van der Waals surface area contributed by atoms with Gasteiger partial charge < -0.3 is 14.8 Å². The van der Waals surface area contributed by atoms with E-state index in [4.69, 9.17) is 9.47 Å². The van der Waals surface area contributed by atoms with Crippen LogP contribution >= 0.6 is 0 Å². The van der Waals surface area contributed by atoms with E-state index in [2.05, 4.69) is 15.6 Å². The Bertz CT molecular complexity index is 756. The molecule has 0 aliphatic carbocycles. The molecular formula is C20H23N3O3. The van der Waals surface area contributed by atoms with Crippen LogP contribution in [0.15, 0.2) is 59.6 Å². The molecule has 6 nitrogen and oxygen atoms in total. The molecule has 2 aromatic carbocycles. The molecule has 1 aliphatic heterocycles. The standard InChI is InChI=1S/C20H23N3O3/c1-25-17-10-5-9-16(13-17)22-20(21-14-18-11-6-12-26-18)23-19(24)15-7-3-2-4-8-15/h2-5,7-10,13,18H,6,11-12,14H2,1H3,(H2,21,22,23,24)/t18-/m0/s1. The van der Waals surface area contributed by atoms with Gasteiger partial charge in [0, 0.05) is 23.9 Å². The first-order valence-electron chi connectivity index (χ1n) is 8.68. The Balaban J connectivity index is 1.74. The number of carbonyl (C=O) groups is 1. The summed E-state index contributed by atoms with van der Waals surface area (Å²) in [5.41, 5.74) is 1.36. The van der Waals surface area contributed by atoms with Gasteiger partial charge in [0.2, 0.25) is 5.96 Å². The lowest BCUT2D eigenvalue weighted by Crippen LogP contribution is -2.36. The number of aliphatic imine (C=N–C) groups is 1. The summed E-state index contributed by atoms with van der Waals surface area (Å²) in [5, 5.41) is 6.01. The van der Waals surface area contributed by atoms with Gasteiger partial charge in [-0.2, -0.15) is 0 Å². The summed E-state index contributed by atoms with van der Waals surface area (Å²) < 4.78 is 10.9. The van der Waals surface area contributed by atoms with Gasteiger partial charge in [0.05, 0.1) is 19.8 Å². The number of guanidine groups is 1. The molecule has 0 spiro atoms. The number of ether oxygens (including phenoxy) is 2. The fourth-order valence-corrected chi connectivity index (χ4v) is 2.70. The summed E-state index contributed by atoms with van der Waals surface area (Å²) in [4.78, 5) is 17.0. The van der Waals surface area contributed by atoms with Gasteiger partial charge in [0.1, 0.15) is 5.75 Å². The first kappa shape index (κ1) is 17.9. The maximum atomic E-state index is 12.5. The van der Waals surface area contributed by atoms with Crippen molar-refractivity contribution in [3.05, 3.63) is 60.2 Å². The highest BCUT2D eigenvalue weighted by molar-refractivity contribution is 6.09. The van der Waals surface area contributed by atoms with Gasteiger partial charge in [-0.3, -0.25) is 10.1 Å². The van der Waals surface area contributed by atoms with Crippen LogP contribution in [0.1, 0.15) is 23.2 Å². The van der Waals surface area contributed by atoms with E-state index in [0.29, 0.717) is 18.1 Å².